The first-order valence-corrected chi connectivity index (χ1v) is 10.4. The first-order valence-electron chi connectivity index (χ1n) is 10.4. The van der Waals surface area contributed by atoms with Gasteiger partial charge in [0.25, 0.3) is 0 Å². The molecular formula is C22H33IN8O. The van der Waals surface area contributed by atoms with Gasteiger partial charge in [0.15, 0.2) is 5.96 Å². The highest BCUT2D eigenvalue weighted by atomic mass is 127. The van der Waals surface area contributed by atoms with Gasteiger partial charge in [0.05, 0.1) is 11.4 Å². The van der Waals surface area contributed by atoms with Crippen LogP contribution in [0.2, 0.25) is 0 Å². The number of hydrogen-bond acceptors (Lipinski definition) is 5. The Morgan fingerprint density at radius 1 is 1.25 bits per heavy atom. The van der Waals surface area contributed by atoms with Crippen LogP contribution in [0.3, 0.4) is 0 Å². The monoisotopic (exact) mass is 552 g/mol. The van der Waals surface area contributed by atoms with Gasteiger partial charge in [-0.25, -0.2) is 9.67 Å². The van der Waals surface area contributed by atoms with Crippen LogP contribution in [0.25, 0.3) is 5.69 Å². The fourth-order valence-electron chi connectivity index (χ4n) is 2.95. The van der Waals surface area contributed by atoms with Gasteiger partial charge in [0.1, 0.15) is 24.0 Å². The summed E-state index contributed by atoms with van der Waals surface area (Å²) in [4.78, 5) is 16.3. The second-order valence-corrected chi connectivity index (χ2v) is 8.09. The van der Waals surface area contributed by atoms with Gasteiger partial charge in [-0.2, -0.15) is 10.4 Å². The quantitative estimate of drug-likeness (QED) is 0.172. The molecule has 0 radical (unpaired) electrons. The highest BCUT2D eigenvalue weighted by Gasteiger charge is 2.16. The summed E-state index contributed by atoms with van der Waals surface area (Å²) in [5.74, 6) is 0.781. The van der Waals surface area contributed by atoms with Crippen molar-refractivity contribution in [3.8, 4) is 11.8 Å². The van der Waals surface area contributed by atoms with E-state index in [-0.39, 0.29) is 42.0 Å². The molecule has 0 aliphatic heterocycles. The van der Waals surface area contributed by atoms with Crippen LogP contribution in [0.1, 0.15) is 45.4 Å². The van der Waals surface area contributed by atoms with Gasteiger partial charge >= 0.3 is 0 Å². The Bertz CT molecular complexity index is 941. The molecule has 0 spiro atoms. The highest BCUT2D eigenvalue weighted by Crippen LogP contribution is 2.21. The summed E-state index contributed by atoms with van der Waals surface area (Å²) < 4.78 is 1.60. The molecule has 32 heavy (non-hydrogen) atoms. The van der Waals surface area contributed by atoms with Gasteiger partial charge in [-0.05, 0) is 52.7 Å². The van der Waals surface area contributed by atoms with E-state index in [1.807, 2.05) is 58.0 Å². The first-order chi connectivity index (χ1) is 14.7. The van der Waals surface area contributed by atoms with E-state index in [2.05, 4.69) is 32.1 Å². The fraction of sp³-hybridized carbons (Fsp3) is 0.455. The number of aryl methyl sites for hydroxylation is 1. The van der Waals surface area contributed by atoms with Gasteiger partial charge in [0, 0.05) is 18.6 Å². The predicted octanol–water partition coefficient (Wildman–Crippen LogP) is 2.35. The number of carbonyl (C=O) groups excluding carboxylic acids is 1. The SMILES string of the molecule is CCNC(=NCC(=O)NC(C)(C)C)NCCCc1nn(-c2ccccc2)c(N)c1C#N.I. The van der Waals surface area contributed by atoms with Gasteiger partial charge in [-0.3, -0.25) is 4.79 Å². The van der Waals surface area contributed by atoms with Crippen molar-refractivity contribution in [2.45, 2.75) is 46.1 Å². The lowest BCUT2D eigenvalue weighted by atomic mass is 10.1. The molecule has 9 nitrogen and oxygen atoms in total. The van der Waals surface area contributed by atoms with Crippen LogP contribution >= 0.6 is 24.0 Å². The molecule has 1 heterocycles. The molecule has 0 unspecified atom stereocenters. The number of benzene rings is 1. The van der Waals surface area contributed by atoms with E-state index in [0.29, 0.717) is 42.5 Å². The number of aromatic nitrogens is 2. The topological polar surface area (TPSA) is 133 Å². The largest absolute Gasteiger partial charge is 0.382 e. The molecule has 0 atom stereocenters. The summed E-state index contributed by atoms with van der Waals surface area (Å²) in [5.41, 5.74) is 7.74. The minimum atomic E-state index is -0.290. The fourth-order valence-corrected chi connectivity index (χ4v) is 2.95. The molecular weight excluding hydrogens is 519 g/mol. The van der Waals surface area contributed by atoms with Crippen molar-refractivity contribution in [2.24, 2.45) is 4.99 Å². The number of hydrogen-bond donors (Lipinski definition) is 4. The molecule has 0 aliphatic carbocycles. The molecule has 0 saturated carbocycles. The van der Waals surface area contributed by atoms with Crippen LogP contribution < -0.4 is 21.7 Å². The lowest BCUT2D eigenvalue weighted by Crippen LogP contribution is -2.43. The van der Waals surface area contributed by atoms with Crippen molar-refractivity contribution >= 4 is 41.7 Å². The van der Waals surface area contributed by atoms with Crippen LogP contribution in [-0.4, -0.2) is 46.8 Å². The molecule has 1 amide bonds. The Kier molecular flexibility index (Phi) is 11.0. The molecule has 0 bridgehead atoms. The van der Waals surface area contributed by atoms with Crippen molar-refractivity contribution in [3.05, 3.63) is 41.6 Å². The van der Waals surface area contributed by atoms with Crippen molar-refractivity contribution in [1.82, 2.24) is 25.7 Å². The Balaban J connectivity index is 0.00000512. The normalized spacial score (nSPS) is 11.3. The molecule has 0 saturated heterocycles. The third-order valence-electron chi connectivity index (χ3n) is 4.23. The molecule has 5 N–H and O–H groups in total. The van der Waals surface area contributed by atoms with E-state index in [9.17, 15) is 10.1 Å². The second kappa shape index (κ2) is 12.9. The predicted molar refractivity (Wildman–Crippen MR) is 138 cm³/mol. The van der Waals surface area contributed by atoms with E-state index in [1.165, 1.54) is 0 Å². The van der Waals surface area contributed by atoms with Crippen molar-refractivity contribution in [1.29, 1.82) is 5.26 Å². The Hall–Kier alpha value is -2.81. The zero-order chi connectivity index (χ0) is 22.9. The van der Waals surface area contributed by atoms with Crippen molar-refractivity contribution < 1.29 is 4.79 Å². The van der Waals surface area contributed by atoms with Crippen LogP contribution in [0.5, 0.6) is 0 Å². The maximum atomic E-state index is 12.0. The number of rotatable bonds is 8. The Labute approximate surface area is 206 Å². The summed E-state index contributed by atoms with van der Waals surface area (Å²) in [6.45, 7) is 9.09. The van der Waals surface area contributed by atoms with E-state index >= 15 is 0 Å². The van der Waals surface area contributed by atoms with E-state index in [0.717, 1.165) is 12.1 Å². The maximum absolute atomic E-state index is 12.0. The number of para-hydroxylation sites is 1. The zero-order valence-corrected chi connectivity index (χ0v) is 21.4. The van der Waals surface area contributed by atoms with E-state index < -0.39 is 0 Å². The van der Waals surface area contributed by atoms with Crippen LogP contribution in [0.4, 0.5) is 5.82 Å². The number of amides is 1. The average molecular weight is 552 g/mol. The van der Waals surface area contributed by atoms with Crippen molar-refractivity contribution in [2.75, 3.05) is 25.4 Å². The van der Waals surface area contributed by atoms with Crippen LogP contribution in [0.15, 0.2) is 35.3 Å². The number of nitrogens with one attached hydrogen (secondary N) is 3. The van der Waals surface area contributed by atoms with Gasteiger partial charge in [-0.15, -0.1) is 24.0 Å². The molecule has 10 heteroatoms. The molecule has 1 aromatic carbocycles. The highest BCUT2D eigenvalue weighted by molar-refractivity contribution is 14.0. The number of aliphatic imine (C=N–C) groups is 1. The van der Waals surface area contributed by atoms with Gasteiger partial charge < -0.3 is 21.7 Å². The van der Waals surface area contributed by atoms with Gasteiger partial charge in [0.2, 0.25) is 5.91 Å². The molecule has 2 rings (SSSR count). The Morgan fingerprint density at radius 2 is 1.94 bits per heavy atom. The number of nitrogens with two attached hydrogens (primary N) is 1. The summed E-state index contributed by atoms with van der Waals surface area (Å²) in [5, 5.41) is 23.3. The summed E-state index contributed by atoms with van der Waals surface area (Å²) in [6, 6.07) is 11.7. The molecule has 174 valence electrons. The average Bonchev–Trinajstić information content (AvgIpc) is 3.04. The summed E-state index contributed by atoms with van der Waals surface area (Å²) in [7, 11) is 0. The summed E-state index contributed by atoms with van der Waals surface area (Å²) >= 11 is 0. The van der Waals surface area contributed by atoms with Crippen LogP contribution in [0, 0.1) is 11.3 Å². The van der Waals surface area contributed by atoms with E-state index in [4.69, 9.17) is 5.73 Å². The van der Waals surface area contributed by atoms with Crippen LogP contribution in [-0.2, 0) is 11.2 Å². The van der Waals surface area contributed by atoms with Crippen molar-refractivity contribution in [3.63, 3.8) is 0 Å². The molecule has 0 fully saturated rings. The molecule has 1 aromatic heterocycles. The summed E-state index contributed by atoms with van der Waals surface area (Å²) in [6.07, 6.45) is 1.31. The number of nitrogens with zero attached hydrogens (tertiary/aromatic N) is 4. The second-order valence-electron chi connectivity index (χ2n) is 8.09. The third kappa shape index (κ3) is 8.37. The Morgan fingerprint density at radius 3 is 2.53 bits per heavy atom. The van der Waals surface area contributed by atoms with Gasteiger partial charge in [-0.1, -0.05) is 18.2 Å². The minimum absolute atomic E-state index is 0. The minimum Gasteiger partial charge on any atom is -0.382 e. The standard InChI is InChI=1S/C22H32N8O.HI/c1-5-25-21(27-15-19(31)28-22(2,3)4)26-13-9-12-18-17(14-23)20(24)30(29-18)16-10-7-6-8-11-16;/h6-8,10-11H,5,9,12-13,15,24H2,1-4H3,(H,28,31)(H2,25,26,27);1H. The molecule has 2 aromatic rings. The number of halogens is 1. The number of guanidine groups is 1. The lowest BCUT2D eigenvalue weighted by Gasteiger charge is -2.20. The number of nitriles is 1. The van der Waals surface area contributed by atoms with E-state index in [1.54, 1.807) is 4.68 Å². The molecule has 0 aliphatic rings. The first kappa shape index (κ1) is 27.2. The zero-order valence-electron chi connectivity index (χ0n) is 19.1. The smallest absolute Gasteiger partial charge is 0.242 e. The number of nitrogen functional groups attached to an aromatic ring is 1. The third-order valence-corrected chi connectivity index (χ3v) is 4.23. The number of carbonyl (C=O) groups is 1. The lowest BCUT2D eigenvalue weighted by molar-refractivity contribution is -0.121. The number of anilines is 1. The maximum Gasteiger partial charge on any atom is 0.242 e.